The van der Waals surface area contributed by atoms with Gasteiger partial charge in [0.05, 0.1) is 49.4 Å². The number of carbonyl (C=O) groups is 3. The van der Waals surface area contributed by atoms with Crippen molar-refractivity contribution in [3.8, 4) is 5.75 Å². The molecule has 3 aromatic rings. The van der Waals surface area contributed by atoms with E-state index in [1.165, 1.54) is 17.0 Å². The number of carbonyl (C=O) groups excluding carboxylic acids is 3. The molecule has 0 aliphatic carbocycles. The molecule has 2 fully saturated rings. The summed E-state index contributed by atoms with van der Waals surface area (Å²) in [5, 5.41) is 24.6. The van der Waals surface area contributed by atoms with Crippen molar-refractivity contribution >= 4 is 43.1 Å². The van der Waals surface area contributed by atoms with Crippen molar-refractivity contribution in [1.29, 1.82) is 0 Å². The SMILES string of the molecule is COc1ccc(C(=O)Nc2ccc(CN3C(=O)[C@]4(O[C@H](CC(=O)N5CCC[C@H]5CO)[C@@H]([Si](C)(C)O)[C@@H]4C)c4cc([N+](=O)[O-])ccc43)cc2)cc1. The topological polar surface area (TPSA) is 172 Å². The van der Waals surface area contributed by atoms with Crippen molar-refractivity contribution in [1.82, 2.24) is 4.90 Å². The highest BCUT2D eigenvalue weighted by atomic mass is 28.4. The number of aliphatic hydroxyl groups excluding tert-OH is 1. The van der Waals surface area contributed by atoms with Crippen LogP contribution < -0.4 is 15.0 Å². The molecule has 3 N–H and O–H groups in total. The van der Waals surface area contributed by atoms with Gasteiger partial charge < -0.3 is 34.5 Å². The molecule has 0 aromatic heterocycles. The van der Waals surface area contributed by atoms with E-state index in [-0.39, 0.29) is 43.1 Å². The Labute approximate surface area is 291 Å². The van der Waals surface area contributed by atoms with Crippen LogP contribution in [0.25, 0.3) is 0 Å². The summed E-state index contributed by atoms with van der Waals surface area (Å²) in [7, 11) is -1.55. The highest BCUT2D eigenvalue weighted by Gasteiger charge is 2.66. The monoisotopic (exact) mass is 702 g/mol. The lowest BCUT2D eigenvalue weighted by Gasteiger charge is -2.32. The van der Waals surface area contributed by atoms with Crippen LogP contribution in [0.5, 0.6) is 5.75 Å². The number of rotatable bonds is 10. The van der Waals surface area contributed by atoms with Crippen LogP contribution in [-0.4, -0.2) is 78.2 Å². The van der Waals surface area contributed by atoms with E-state index in [2.05, 4.69) is 5.32 Å². The average Bonchev–Trinajstić information content (AvgIpc) is 3.75. The maximum atomic E-state index is 14.7. The maximum Gasteiger partial charge on any atom is 0.269 e. The van der Waals surface area contributed by atoms with Gasteiger partial charge in [0.1, 0.15) is 5.75 Å². The van der Waals surface area contributed by atoms with Crippen molar-refractivity contribution in [3.63, 3.8) is 0 Å². The predicted octanol–water partition coefficient (Wildman–Crippen LogP) is 4.57. The van der Waals surface area contributed by atoms with Gasteiger partial charge in [-0.25, -0.2) is 0 Å². The molecule has 264 valence electrons. The third-order valence-electron chi connectivity index (χ3n) is 10.4. The Hall–Kier alpha value is -4.63. The molecule has 50 heavy (non-hydrogen) atoms. The summed E-state index contributed by atoms with van der Waals surface area (Å²) >= 11 is 0. The number of benzene rings is 3. The molecule has 5 atom stereocenters. The Bertz CT molecular complexity index is 1800. The number of anilines is 2. The fourth-order valence-electron chi connectivity index (χ4n) is 8.00. The summed E-state index contributed by atoms with van der Waals surface area (Å²) in [5.74, 6) is -0.926. The molecule has 3 aromatic carbocycles. The van der Waals surface area contributed by atoms with Crippen LogP contribution >= 0.6 is 0 Å². The second-order valence-electron chi connectivity index (χ2n) is 13.9. The van der Waals surface area contributed by atoms with E-state index in [0.717, 1.165) is 12.0 Å². The molecule has 3 amide bonds. The van der Waals surface area contributed by atoms with Crippen LogP contribution in [0.4, 0.5) is 17.1 Å². The highest BCUT2D eigenvalue weighted by molar-refractivity contribution is 6.71. The van der Waals surface area contributed by atoms with Crippen LogP contribution in [0.15, 0.2) is 66.7 Å². The number of non-ortho nitro benzene ring substituents is 1. The predicted molar refractivity (Wildman–Crippen MR) is 187 cm³/mol. The van der Waals surface area contributed by atoms with E-state index in [4.69, 9.17) is 9.47 Å². The van der Waals surface area contributed by atoms with E-state index < -0.39 is 42.3 Å². The van der Waals surface area contributed by atoms with Crippen molar-refractivity contribution in [2.75, 3.05) is 30.5 Å². The molecular formula is C36H42N4O9Si. The minimum atomic E-state index is -3.10. The summed E-state index contributed by atoms with van der Waals surface area (Å²) in [6.45, 7) is 5.78. The zero-order valence-electron chi connectivity index (χ0n) is 28.5. The fraction of sp³-hybridized carbons (Fsp3) is 0.417. The van der Waals surface area contributed by atoms with Crippen molar-refractivity contribution in [3.05, 3.63) is 93.5 Å². The molecule has 6 rings (SSSR count). The Morgan fingerprint density at radius 1 is 1.12 bits per heavy atom. The van der Waals surface area contributed by atoms with Gasteiger partial charge in [0.15, 0.2) is 13.9 Å². The fourth-order valence-corrected chi connectivity index (χ4v) is 10.6. The molecule has 0 unspecified atom stereocenters. The van der Waals surface area contributed by atoms with Crippen LogP contribution in [-0.2, 0) is 26.5 Å². The third-order valence-corrected chi connectivity index (χ3v) is 12.9. The van der Waals surface area contributed by atoms with Crippen molar-refractivity contribution in [2.45, 2.75) is 69.1 Å². The number of ether oxygens (including phenoxy) is 2. The van der Waals surface area contributed by atoms with Gasteiger partial charge in [-0.2, -0.15) is 0 Å². The molecule has 3 heterocycles. The number of nitro benzene ring substituents is 1. The summed E-state index contributed by atoms with van der Waals surface area (Å²) in [4.78, 5) is 67.3. The number of fused-ring (bicyclic) bond motifs is 2. The Morgan fingerprint density at radius 3 is 2.44 bits per heavy atom. The molecule has 1 spiro atoms. The number of likely N-dealkylation sites (tertiary alicyclic amines) is 1. The average molecular weight is 703 g/mol. The summed E-state index contributed by atoms with van der Waals surface area (Å²) in [6, 6.07) is 17.7. The van der Waals surface area contributed by atoms with E-state index in [1.54, 1.807) is 79.7 Å². The number of aliphatic hydroxyl groups is 1. The van der Waals surface area contributed by atoms with Gasteiger partial charge in [0, 0.05) is 47.0 Å². The van der Waals surface area contributed by atoms with Crippen molar-refractivity contribution in [2.24, 2.45) is 5.92 Å². The summed E-state index contributed by atoms with van der Waals surface area (Å²) in [6.07, 6.45) is 0.547. The van der Waals surface area contributed by atoms with E-state index in [0.29, 0.717) is 41.2 Å². The molecule has 3 aliphatic rings. The lowest BCUT2D eigenvalue weighted by Crippen LogP contribution is -2.46. The first kappa shape index (κ1) is 35.2. The molecule has 13 nitrogen and oxygen atoms in total. The maximum absolute atomic E-state index is 14.7. The Balaban J connectivity index is 1.29. The van der Waals surface area contributed by atoms with Gasteiger partial charge in [-0.3, -0.25) is 24.5 Å². The van der Waals surface area contributed by atoms with Gasteiger partial charge in [-0.05, 0) is 74.0 Å². The Kier molecular flexibility index (Phi) is 9.57. The first-order chi connectivity index (χ1) is 23.8. The van der Waals surface area contributed by atoms with Crippen LogP contribution in [0.2, 0.25) is 18.6 Å². The van der Waals surface area contributed by atoms with Gasteiger partial charge in [-0.1, -0.05) is 19.1 Å². The minimum absolute atomic E-state index is 0.0918. The molecule has 0 saturated carbocycles. The number of nitrogens with zero attached hydrogens (tertiary/aromatic N) is 3. The number of amides is 3. The number of nitrogens with one attached hydrogen (secondary N) is 1. The molecular weight excluding hydrogens is 661 g/mol. The normalized spacial score (nSPS) is 24.5. The van der Waals surface area contributed by atoms with Crippen LogP contribution in [0, 0.1) is 16.0 Å². The number of hydrogen-bond acceptors (Lipinski definition) is 9. The van der Waals surface area contributed by atoms with Crippen LogP contribution in [0.1, 0.15) is 47.7 Å². The lowest BCUT2D eigenvalue weighted by atomic mass is 9.82. The second kappa shape index (κ2) is 13.6. The van der Waals surface area contributed by atoms with E-state index >= 15 is 0 Å². The third kappa shape index (κ3) is 6.28. The van der Waals surface area contributed by atoms with Gasteiger partial charge >= 0.3 is 0 Å². The minimum Gasteiger partial charge on any atom is -0.497 e. The van der Waals surface area contributed by atoms with Crippen LogP contribution in [0.3, 0.4) is 0 Å². The smallest absolute Gasteiger partial charge is 0.269 e. The second-order valence-corrected chi connectivity index (χ2v) is 17.8. The molecule has 0 bridgehead atoms. The quantitative estimate of drug-likeness (QED) is 0.155. The molecule has 3 aliphatic heterocycles. The van der Waals surface area contributed by atoms with Gasteiger partial charge in [0.2, 0.25) is 5.91 Å². The Morgan fingerprint density at radius 2 is 1.82 bits per heavy atom. The largest absolute Gasteiger partial charge is 0.497 e. The van der Waals surface area contributed by atoms with Gasteiger partial charge in [0.25, 0.3) is 17.5 Å². The van der Waals surface area contributed by atoms with Crippen molar-refractivity contribution < 1.29 is 38.7 Å². The van der Waals surface area contributed by atoms with E-state index in [9.17, 15) is 34.4 Å². The number of nitro groups is 1. The van der Waals surface area contributed by atoms with Gasteiger partial charge in [-0.15, -0.1) is 0 Å². The standard InChI is InChI=1S/C36H42N4O9Si/c1-22-33(50(3,4)47)31(19-32(42)38-17-5-6-27(38)21-41)49-36(22)29-18-26(40(45)46)13-16-30(29)39(35(36)44)20-23-7-11-25(12-8-23)37-34(43)24-9-14-28(48-2)15-10-24/h7-16,18,22,27,31,33,41,47H,5-6,17,19-21H2,1-4H3,(H,37,43)/t22-,27-,31+,33-,36+/m0/s1. The summed E-state index contributed by atoms with van der Waals surface area (Å²) in [5.41, 5.74) is 0.105. The zero-order chi connectivity index (χ0) is 36.0. The first-order valence-corrected chi connectivity index (χ1v) is 19.8. The zero-order valence-corrected chi connectivity index (χ0v) is 29.5. The first-order valence-electron chi connectivity index (χ1n) is 16.7. The summed E-state index contributed by atoms with van der Waals surface area (Å²) < 4.78 is 11.9. The lowest BCUT2D eigenvalue weighted by molar-refractivity contribution is -0.385. The molecule has 2 saturated heterocycles. The molecule has 0 radical (unpaired) electrons. The molecule has 14 heteroatoms. The number of methoxy groups -OCH3 is 1. The number of hydrogen-bond donors (Lipinski definition) is 3. The highest BCUT2D eigenvalue weighted by Crippen LogP contribution is 2.60. The van der Waals surface area contributed by atoms with E-state index in [1.807, 2.05) is 6.92 Å².